The molecule has 35 heavy (non-hydrogen) atoms. The van der Waals surface area contributed by atoms with Crippen molar-refractivity contribution in [1.82, 2.24) is 29.4 Å². The van der Waals surface area contributed by atoms with E-state index in [9.17, 15) is 9.59 Å². The largest absolute Gasteiger partial charge is 0.494 e. The second kappa shape index (κ2) is 9.34. The highest BCUT2D eigenvalue weighted by Crippen LogP contribution is 2.42. The van der Waals surface area contributed by atoms with Gasteiger partial charge in [0.25, 0.3) is 0 Å². The number of nitrogens with zero attached hydrogens (tertiary/aromatic N) is 6. The Kier molecular flexibility index (Phi) is 6.24. The molecule has 0 spiro atoms. The third kappa shape index (κ3) is 4.39. The lowest BCUT2D eigenvalue weighted by atomic mass is 9.87. The smallest absolute Gasteiger partial charge is 0.241 e. The Morgan fingerprint density at radius 2 is 2.06 bits per heavy atom. The van der Waals surface area contributed by atoms with Crippen LogP contribution >= 0.6 is 22.9 Å². The van der Waals surface area contributed by atoms with Gasteiger partial charge in [0, 0.05) is 38.0 Å². The molecule has 12 heteroatoms. The molecule has 0 bridgehead atoms. The van der Waals surface area contributed by atoms with Gasteiger partial charge in [-0.25, -0.2) is 9.97 Å². The predicted octanol–water partition coefficient (Wildman–Crippen LogP) is 3.10. The van der Waals surface area contributed by atoms with Crippen LogP contribution in [0.25, 0.3) is 20.4 Å². The minimum Gasteiger partial charge on any atom is -0.494 e. The van der Waals surface area contributed by atoms with Crippen LogP contribution in [0.15, 0.2) is 18.5 Å². The van der Waals surface area contributed by atoms with E-state index in [4.69, 9.17) is 4.74 Å². The summed E-state index contributed by atoms with van der Waals surface area (Å²) in [6.07, 6.45) is 3.65. The van der Waals surface area contributed by atoms with E-state index in [1.807, 2.05) is 12.1 Å². The molecule has 0 saturated carbocycles. The molecular weight excluding hydrogens is 486 g/mol. The van der Waals surface area contributed by atoms with E-state index in [-0.39, 0.29) is 24.3 Å². The van der Waals surface area contributed by atoms with Crippen molar-refractivity contribution in [2.75, 3.05) is 40.1 Å². The Labute approximate surface area is 210 Å². The average molecular weight is 512 g/mol. The van der Waals surface area contributed by atoms with E-state index >= 15 is 0 Å². The van der Waals surface area contributed by atoms with E-state index < -0.39 is 0 Å². The number of amides is 2. The summed E-state index contributed by atoms with van der Waals surface area (Å²) in [4.78, 5) is 39.2. The number of carbonyl (C=O) groups is 2. The minimum absolute atomic E-state index is 0.00365. The summed E-state index contributed by atoms with van der Waals surface area (Å²) in [5.41, 5.74) is 2.75. The van der Waals surface area contributed by atoms with Crippen LogP contribution in [-0.4, -0.2) is 76.0 Å². The van der Waals surface area contributed by atoms with Gasteiger partial charge in [-0.15, -0.1) is 16.4 Å². The number of aromatic nitrogens is 4. The zero-order chi connectivity index (χ0) is 24.7. The molecular formula is C23H25N7O3S2. The first-order valence-corrected chi connectivity index (χ1v) is 12.7. The first-order chi connectivity index (χ1) is 16.9. The molecule has 1 aliphatic carbocycles. The van der Waals surface area contributed by atoms with Gasteiger partial charge < -0.3 is 19.9 Å². The van der Waals surface area contributed by atoms with Crippen molar-refractivity contribution in [1.29, 1.82) is 0 Å². The SMILES string of the molecule is COc1cc2nnsc2cc1Nc1ncnc2sc3c(c12)CCC(C(=O)N(C)CC(=O)N(C)C)C3. The number of aryl methyl sites for hydroxylation is 1. The van der Waals surface area contributed by atoms with Crippen LogP contribution in [-0.2, 0) is 22.4 Å². The Morgan fingerprint density at radius 3 is 2.83 bits per heavy atom. The highest BCUT2D eigenvalue weighted by atomic mass is 32.1. The fourth-order valence-corrected chi connectivity index (χ4v) is 6.20. The molecule has 1 N–H and O–H groups in total. The molecule has 4 aromatic rings. The van der Waals surface area contributed by atoms with Crippen LogP contribution in [0.4, 0.5) is 11.5 Å². The first kappa shape index (κ1) is 23.4. The molecule has 1 unspecified atom stereocenters. The maximum Gasteiger partial charge on any atom is 0.241 e. The van der Waals surface area contributed by atoms with Gasteiger partial charge in [-0.2, -0.15) is 0 Å². The molecule has 0 radical (unpaired) electrons. The number of anilines is 2. The second-order valence-electron chi connectivity index (χ2n) is 8.75. The van der Waals surface area contributed by atoms with Crippen LogP contribution in [0.1, 0.15) is 16.9 Å². The lowest BCUT2D eigenvalue weighted by molar-refractivity contribution is -0.140. The maximum absolute atomic E-state index is 13.0. The molecule has 3 aromatic heterocycles. The van der Waals surface area contributed by atoms with Crippen molar-refractivity contribution < 1.29 is 14.3 Å². The molecule has 1 aromatic carbocycles. The van der Waals surface area contributed by atoms with Crippen molar-refractivity contribution >= 4 is 66.6 Å². The van der Waals surface area contributed by atoms with Crippen molar-refractivity contribution in [3.05, 3.63) is 28.9 Å². The number of methoxy groups -OCH3 is 1. The van der Waals surface area contributed by atoms with E-state index in [0.29, 0.717) is 24.4 Å². The lowest BCUT2D eigenvalue weighted by Gasteiger charge is -2.27. The summed E-state index contributed by atoms with van der Waals surface area (Å²) in [5, 5.41) is 8.54. The quantitative estimate of drug-likeness (QED) is 0.420. The number of nitrogens with one attached hydrogen (secondary N) is 1. The number of thiophene rings is 1. The van der Waals surface area contributed by atoms with Crippen LogP contribution in [0.2, 0.25) is 0 Å². The molecule has 182 valence electrons. The summed E-state index contributed by atoms with van der Waals surface area (Å²) in [6.45, 7) is 0.0859. The van der Waals surface area contributed by atoms with Crippen LogP contribution in [0.5, 0.6) is 5.75 Å². The number of rotatable bonds is 6. The van der Waals surface area contributed by atoms with Gasteiger partial charge in [0.05, 0.1) is 29.4 Å². The summed E-state index contributed by atoms with van der Waals surface area (Å²) in [5.74, 6) is 1.13. The second-order valence-corrected chi connectivity index (χ2v) is 10.6. The summed E-state index contributed by atoms with van der Waals surface area (Å²) in [7, 11) is 6.70. The molecule has 0 fully saturated rings. The lowest BCUT2D eigenvalue weighted by Crippen LogP contribution is -2.41. The summed E-state index contributed by atoms with van der Waals surface area (Å²) >= 11 is 2.93. The fourth-order valence-electron chi connectivity index (χ4n) is 4.35. The Morgan fingerprint density at radius 1 is 1.23 bits per heavy atom. The van der Waals surface area contributed by atoms with Crippen molar-refractivity contribution in [3.63, 3.8) is 0 Å². The van der Waals surface area contributed by atoms with Crippen molar-refractivity contribution in [2.24, 2.45) is 5.92 Å². The topological polar surface area (TPSA) is 113 Å². The Balaban J connectivity index is 1.42. The van der Waals surface area contributed by atoms with Gasteiger partial charge in [0.2, 0.25) is 11.8 Å². The molecule has 2 amide bonds. The third-order valence-electron chi connectivity index (χ3n) is 6.26. The van der Waals surface area contributed by atoms with E-state index in [1.165, 1.54) is 26.9 Å². The van der Waals surface area contributed by atoms with Crippen molar-refractivity contribution in [3.8, 4) is 5.75 Å². The highest BCUT2D eigenvalue weighted by molar-refractivity contribution is 7.19. The van der Waals surface area contributed by atoms with Gasteiger partial charge in [-0.1, -0.05) is 4.49 Å². The molecule has 3 heterocycles. The van der Waals surface area contributed by atoms with Gasteiger partial charge in [0.1, 0.15) is 28.2 Å². The molecule has 10 nitrogen and oxygen atoms in total. The average Bonchev–Trinajstić information content (AvgIpc) is 3.46. The standard InChI is InChI=1S/C23H25N7O3S2/c1-29(2)19(31)10-30(3)23(32)12-5-6-13-17(7-12)34-22-20(13)21(24-11-25-22)26-14-9-18-15(27-28-35-18)8-16(14)33-4/h8-9,11-12H,5-7,10H2,1-4H3,(H,24,25,26). The van der Waals surface area contributed by atoms with Crippen LogP contribution in [0.3, 0.4) is 0 Å². The van der Waals surface area contributed by atoms with E-state index in [1.54, 1.807) is 45.9 Å². The first-order valence-electron chi connectivity index (χ1n) is 11.1. The number of likely N-dealkylation sites (N-methyl/N-ethyl adjacent to an activating group) is 2. The maximum atomic E-state index is 13.0. The number of hydrogen-bond donors (Lipinski definition) is 1. The third-order valence-corrected chi connectivity index (χ3v) is 8.11. The predicted molar refractivity (Wildman–Crippen MR) is 137 cm³/mol. The van der Waals surface area contributed by atoms with E-state index in [2.05, 4.69) is 24.9 Å². The van der Waals surface area contributed by atoms with Crippen LogP contribution in [0, 0.1) is 5.92 Å². The van der Waals surface area contributed by atoms with Crippen LogP contribution < -0.4 is 10.1 Å². The fraction of sp³-hybridized carbons (Fsp3) is 0.391. The van der Waals surface area contributed by atoms with Gasteiger partial charge in [-0.3, -0.25) is 9.59 Å². The zero-order valence-corrected chi connectivity index (χ0v) is 21.5. The van der Waals surface area contributed by atoms with E-state index in [0.717, 1.165) is 37.4 Å². The zero-order valence-electron chi connectivity index (χ0n) is 19.9. The molecule has 0 saturated heterocycles. The number of fused-ring (bicyclic) bond motifs is 4. The Bertz CT molecular complexity index is 1430. The monoisotopic (exact) mass is 511 g/mol. The van der Waals surface area contributed by atoms with Gasteiger partial charge in [0.15, 0.2) is 0 Å². The highest BCUT2D eigenvalue weighted by Gasteiger charge is 2.31. The summed E-state index contributed by atoms with van der Waals surface area (Å²) < 4.78 is 10.5. The molecule has 1 aliphatic rings. The number of ether oxygens (including phenoxy) is 1. The molecule has 1 atom stereocenters. The number of carbonyl (C=O) groups excluding carboxylic acids is 2. The summed E-state index contributed by atoms with van der Waals surface area (Å²) in [6, 6.07) is 3.82. The molecule has 5 rings (SSSR count). The normalized spacial score (nSPS) is 15.1. The van der Waals surface area contributed by atoms with Gasteiger partial charge >= 0.3 is 0 Å². The van der Waals surface area contributed by atoms with Gasteiger partial charge in [-0.05, 0) is 42.4 Å². The molecule has 0 aliphatic heterocycles. The minimum atomic E-state index is -0.152. The number of hydrogen-bond acceptors (Lipinski definition) is 10. The number of benzene rings is 1. The Hall–Kier alpha value is -3.38. The van der Waals surface area contributed by atoms with Crippen molar-refractivity contribution in [2.45, 2.75) is 19.3 Å².